The van der Waals surface area contributed by atoms with Gasteiger partial charge in [-0.25, -0.2) is 13.2 Å². The molecule has 3 N–H and O–H groups in total. The van der Waals surface area contributed by atoms with Crippen LogP contribution in [0.2, 0.25) is 5.02 Å². The van der Waals surface area contributed by atoms with E-state index in [-0.39, 0.29) is 23.1 Å². The number of aliphatic carboxylic acids is 1. The first-order valence-electron chi connectivity index (χ1n) is 12.2. The number of nitrogens with zero attached hydrogens (tertiary/aromatic N) is 1. The third kappa shape index (κ3) is 8.82. The van der Waals surface area contributed by atoms with Crippen molar-refractivity contribution in [2.45, 2.75) is 61.1 Å². The summed E-state index contributed by atoms with van der Waals surface area (Å²) in [5, 5.41) is 7.70. The summed E-state index contributed by atoms with van der Waals surface area (Å²) in [4.78, 5) is 23.0. The molecule has 0 bridgehead atoms. The SMILES string of the molecule is CC(C)(C1CCN(C(=O)CC(N)c2ccc(Cl)cc2)CC1)S(=O)(=O)c1cccc(C(F)(F)F)c1.O=C(O)C(F)(F)F. The number of halogens is 7. The number of hydrogen-bond donors (Lipinski definition) is 2. The van der Waals surface area contributed by atoms with Crippen LogP contribution in [0.4, 0.5) is 26.3 Å². The van der Waals surface area contributed by atoms with Crippen molar-refractivity contribution in [3.8, 4) is 0 Å². The summed E-state index contributed by atoms with van der Waals surface area (Å²) in [6.07, 6.45) is -8.76. The van der Waals surface area contributed by atoms with Crippen LogP contribution in [0, 0.1) is 5.92 Å². The van der Waals surface area contributed by atoms with Gasteiger partial charge >= 0.3 is 18.3 Å². The number of benzene rings is 2. The molecule has 41 heavy (non-hydrogen) atoms. The van der Waals surface area contributed by atoms with Gasteiger partial charge in [0.1, 0.15) is 0 Å². The van der Waals surface area contributed by atoms with Gasteiger partial charge in [0, 0.05) is 30.6 Å². The second kappa shape index (κ2) is 13.0. The molecule has 0 saturated carbocycles. The molecule has 1 fully saturated rings. The normalized spacial score (nSPS) is 16.0. The van der Waals surface area contributed by atoms with Crippen molar-refractivity contribution in [1.29, 1.82) is 0 Å². The Balaban J connectivity index is 0.000000745. The summed E-state index contributed by atoms with van der Waals surface area (Å²) >= 11 is 5.88. The Hall–Kier alpha value is -2.84. The molecule has 7 nitrogen and oxygen atoms in total. The minimum absolute atomic E-state index is 0.109. The van der Waals surface area contributed by atoms with Crippen molar-refractivity contribution in [3.05, 3.63) is 64.7 Å². The van der Waals surface area contributed by atoms with Gasteiger partial charge in [-0.1, -0.05) is 29.8 Å². The van der Waals surface area contributed by atoms with Crippen LogP contribution in [0.25, 0.3) is 0 Å². The zero-order valence-electron chi connectivity index (χ0n) is 22.0. The number of nitrogens with two attached hydrogens (primary N) is 1. The molecule has 15 heteroatoms. The number of amides is 1. The Labute approximate surface area is 238 Å². The van der Waals surface area contributed by atoms with Crippen LogP contribution in [0.1, 0.15) is 50.3 Å². The highest BCUT2D eigenvalue weighted by Crippen LogP contribution is 2.39. The van der Waals surface area contributed by atoms with E-state index in [2.05, 4.69) is 0 Å². The molecule has 0 spiro atoms. The van der Waals surface area contributed by atoms with Gasteiger partial charge in [-0.05, 0) is 68.5 Å². The lowest BCUT2D eigenvalue weighted by Gasteiger charge is -2.40. The number of alkyl halides is 6. The van der Waals surface area contributed by atoms with Crippen LogP contribution in [-0.2, 0) is 25.6 Å². The van der Waals surface area contributed by atoms with Crippen LogP contribution in [0.5, 0.6) is 0 Å². The smallest absolute Gasteiger partial charge is 0.475 e. The number of carbonyl (C=O) groups is 2. The predicted molar refractivity (Wildman–Crippen MR) is 139 cm³/mol. The number of likely N-dealkylation sites (tertiary alicyclic amines) is 1. The highest BCUT2D eigenvalue weighted by Gasteiger charge is 2.45. The summed E-state index contributed by atoms with van der Waals surface area (Å²) in [7, 11) is -4.05. The molecule has 228 valence electrons. The van der Waals surface area contributed by atoms with Crippen LogP contribution in [0.3, 0.4) is 0 Å². The fraction of sp³-hybridized carbons (Fsp3) is 0.462. The first-order valence-corrected chi connectivity index (χ1v) is 14.0. The Morgan fingerprint density at radius 3 is 2.00 bits per heavy atom. The number of carboxylic acid groups (broad SMARTS) is 1. The summed E-state index contributed by atoms with van der Waals surface area (Å²) in [6.45, 7) is 3.80. The molecule has 1 atom stereocenters. The maximum atomic E-state index is 13.3. The lowest BCUT2D eigenvalue weighted by atomic mass is 9.85. The first-order chi connectivity index (χ1) is 18.7. The van der Waals surface area contributed by atoms with Crippen molar-refractivity contribution < 1.29 is 49.5 Å². The van der Waals surface area contributed by atoms with Gasteiger partial charge in [-0.15, -0.1) is 0 Å². The third-order valence-electron chi connectivity index (χ3n) is 6.93. The number of piperidine rings is 1. The maximum absolute atomic E-state index is 13.3. The van der Waals surface area contributed by atoms with Gasteiger partial charge in [0.15, 0.2) is 9.84 Å². The van der Waals surface area contributed by atoms with E-state index in [1.807, 2.05) is 0 Å². The van der Waals surface area contributed by atoms with Gasteiger partial charge in [0.2, 0.25) is 5.91 Å². The monoisotopic (exact) mass is 630 g/mol. The molecule has 1 saturated heterocycles. The van der Waals surface area contributed by atoms with Gasteiger partial charge in [0.25, 0.3) is 0 Å². The fourth-order valence-corrected chi connectivity index (χ4v) is 6.28. The fourth-order valence-electron chi connectivity index (χ4n) is 4.33. The molecule has 2 aromatic carbocycles. The molecule has 3 rings (SSSR count). The Morgan fingerprint density at radius 1 is 1.02 bits per heavy atom. The lowest BCUT2D eigenvalue weighted by molar-refractivity contribution is -0.192. The molecule has 1 unspecified atom stereocenters. The van der Waals surface area contributed by atoms with Crippen molar-refractivity contribution in [1.82, 2.24) is 4.90 Å². The molecule has 1 heterocycles. The summed E-state index contributed by atoms with van der Waals surface area (Å²) < 4.78 is 96.3. The quantitative estimate of drug-likeness (QED) is 0.386. The molecule has 1 aliphatic heterocycles. The van der Waals surface area contributed by atoms with E-state index in [4.69, 9.17) is 27.2 Å². The minimum atomic E-state index is -5.08. The van der Waals surface area contributed by atoms with E-state index in [0.717, 1.165) is 17.7 Å². The van der Waals surface area contributed by atoms with Gasteiger partial charge < -0.3 is 15.7 Å². The molecule has 2 aromatic rings. The van der Waals surface area contributed by atoms with E-state index in [1.54, 1.807) is 43.0 Å². The molecule has 1 aliphatic rings. The first kappa shape index (κ1) is 34.4. The zero-order chi connectivity index (χ0) is 31.4. The Bertz CT molecular complexity index is 1320. The van der Waals surface area contributed by atoms with Crippen molar-refractivity contribution in [2.75, 3.05) is 13.1 Å². The molecular formula is C26H29ClF6N2O5S. The third-order valence-corrected chi connectivity index (χ3v) is 9.78. The minimum Gasteiger partial charge on any atom is -0.475 e. The number of rotatable bonds is 6. The van der Waals surface area contributed by atoms with Crippen LogP contribution >= 0.6 is 11.6 Å². The average molecular weight is 631 g/mol. The van der Waals surface area contributed by atoms with E-state index >= 15 is 0 Å². The number of sulfone groups is 1. The molecular weight excluding hydrogens is 602 g/mol. The summed E-state index contributed by atoms with van der Waals surface area (Å²) in [6, 6.07) is 10.3. The second-order valence-electron chi connectivity index (χ2n) is 9.95. The van der Waals surface area contributed by atoms with Crippen molar-refractivity contribution >= 4 is 33.3 Å². The molecule has 0 radical (unpaired) electrons. The van der Waals surface area contributed by atoms with Gasteiger partial charge in [-0.3, -0.25) is 4.79 Å². The van der Waals surface area contributed by atoms with Crippen molar-refractivity contribution in [2.24, 2.45) is 11.7 Å². The van der Waals surface area contributed by atoms with Gasteiger partial charge in [0.05, 0.1) is 15.2 Å². The molecule has 0 aliphatic carbocycles. The average Bonchev–Trinajstić information content (AvgIpc) is 2.88. The number of hydrogen-bond acceptors (Lipinski definition) is 5. The van der Waals surface area contributed by atoms with Crippen LogP contribution in [-0.4, -0.2) is 54.3 Å². The molecule has 1 amide bonds. The lowest BCUT2D eigenvalue weighted by Crippen LogP contribution is -2.48. The zero-order valence-corrected chi connectivity index (χ0v) is 23.5. The number of carbonyl (C=O) groups excluding carboxylic acids is 1. The Morgan fingerprint density at radius 2 is 1.54 bits per heavy atom. The molecule has 0 aromatic heterocycles. The highest BCUT2D eigenvalue weighted by atomic mass is 35.5. The highest BCUT2D eigenvalue weighted by molar-refractivity contribution is 7.92. The van der Waals surface area contributed by atoms with E-state index in [1.165, 1.54) is 6.07 Å². The van der Waals surface area contributed by atoms with Crippen LogP contribution in [0.15, 0.2) is 53.4 Å². The van der Waals surface area contributed by atoms with Gasteiger partial charge in [-0.2, -0.15) is 26.3 Å². The second-order valence-corrected chi connectivity index (χ2v) is 12.9. The van der Waals surface area contributed by atoms with E-state index < -0.39 is 44.5 Å². The standard InChI is InChI=1S/C24H28ClF3N2O3S.C2HF3O2/c1-23(2,34(32,33)20-5-3-4-18(14-20)24(26,27)28)17-10-12-30(13-11-17)22(31)15-21(29)16-6-8-19(25)9-7-16;3-2(4,5)1(6)7/h3-9,14,17,21H,10-13,15,29H2,1-2H3;(H,6,7). The van der Waals surface area contributed by atoms with E-state index in [9.17, 15) is 39.6 Å². The summed E-state index contributed by atoms with van der Waals surface area (Å²) in [5.41, 5.74) is 5.96. The van der Waals surface area contributed by atoms with E-state index in [0.29, 0.717) is 37.0 Å². The number of carboxylic acids is 1. The maximum Gasteiger partial charge on any atom is 0.490 e. The topological polar surface area (TPSA) is 118 Å². The summed E-state index contributed by atoms with van der Waals surface area (Å²) in [5.74, 6) is -3.20. The Kier molecular flexibility index (Phi) is 10.9. The predicted octanol–water partition coefficient (Wildman–Crippen LogP) is 5.87. The largest absolute Gasteiger partial charge is 0.490 e. The van der Waals surface area contributed by atoms with Crippen molar-refractivity contribution in [3.63, 3.8) is 0 Å². The van der Waals surface area contributed by atoms with Crippen LogP contribution < -0.4 is 5.73 Å².